The number of hydrogen-bond acceptors (Lipinski definition) is 3. The lowest BCUT2D eigenvalue weighted by molar-refractivity contribution is -0.124. The van der Waals surface area contributed by atoms with Crippen LogP contribution in [-0.2, 0) is 13.9 Å². The Hall–Kier alpha value is -0.470. The van der Waals surface area contributed by atoms with Crippen LogP contribution in [0.4, 0.5) is 0 Å². The average molecular weight is 176 g/mol. The molecule has 4 nitrogen and oxygen atoms in total. The first-order valence-electron chi connectivity index (χ1n) is 3.66. The van der Waals surface area contributed by atoms with E-state index in [2.05, 4.69) is 0 Å². The van der Waals surface area contributed by atoms with Crippen molar-refractivity contribution in [3.05, 3.63) is 0 Å². The van der Waals surface area contributed by atoms with Gasteiger partial charge in [-0.3, -0.25) is 4.79 Å². The first-order chi connectivity index (χ1) is 5.25. The zero-order valence-corrected chi connectivity index (χ0v) is 7.34. The molecule has 1 unspecified atom stereocenters. The third-order valence-corrected chi connectivity index (χ3v) is 2.78. The van der Waals surface area contributed by atoms with E-state index in [1.807, 2.05) is 0 Å². The van der Waals surface area contributed by atoms with Crippen LogP contribution in [0, 0.1) is 0 Å². The zero-order valence-electron chi connectivity index (χ0n) is 6.45. The molecule has 1 saturated heterocycles. The molecule has 1 amide bonds. The number of amides is 1. The van der Waals surface area contributed by atoms with E-state index in [0.29, 0.717) is 19.6 Å². The number of hydrogen-bond donors (Lipinski definition) is 0. The Morgan fingerprint density at radius 1 is 1.73 bits per heavy atom. The Bertz CT molecular complexity index is 183. The van der Waals surface area contributed by atoms with E-state index in [1.54, 1.807) is 6.92 Å². The van der Waals surface area contributed by atoms with Gasteiger partial charge >= 0.3 is 8.18 Å². The molecule has 11 heavy (non-hydrogen) atoms. The average Bonchev–Trinajstić information content (AvgIpc) is 2.36. The molecule has 1 aliphatic heterocycles. The maximum atomic E-state index is 11.1. The van der Waals surface area contributed by atoms with Gasteiger partial charge in [-0.1, -0.05) is 0 Å². The lowest BCUT2D eigenvalue weighted by Crippen LogP contribution is -2.16. The second-order valence-corrected chi connectivity index (χ2v) is 3.49. The van der Waals surface area contributed by atoms with Crippen molar-refractivity contribution >= 4 is 14.1 Å². The second-order valence-electron chi connectivity index (χ2n) is 2.28. The van der Waals surface area contributed by atoms with Gasteiger partial charge in [0.05, 0.1) is 6.54 Å². The normalized spacial score (nSPS) is 19.2. The van der Waals surface area contributed by atoms with Gasteiger partial charge in [-0.05, 0) is 17.9 Å². The van der Waals surface area contributed by atoms with Crippen LogP contribution in [0.15, 0.2) is 0 Å². The zero-order chi connectivity index (χ0) is 8.27. The standard InChI is InChI=1S/C6H11NO3P/c1-2-10-11(9)7-5-3-4-6(7)8/h2-5H2,1H3/q+1. The van der Waals surface area contributed by atoms with E-state index in [1.165, 1.54) is 4.67 Å². The molecule has 0 saturated carbocycles. The van der Waals surface area contributed by atoms with Gasteiger partial charge in [0.1, 0.15) is 6.61 Å². The minimum atomic E-state index is -1.89. The Kier molecular flexibility index (Phi) is 2.97. The third-order valence-electron chi connectivity index (χ3n) is 1.49. The van der Waals surface area contributed by atoms with Crippen molar-refractivity contribution in [1.82, 2.24) is 4.67 Å². The van der Waals surface area contributed by atoms with E-state index in [9.17, 15) is 9.36 Å². The van der Waals surface area contributed by atoms with Gasteiger partial charge in [0.15, 0.2) is 0 Å². The van der Waals surface area contributed by atoms with Crippen LogP contribution in [-0.4, -0.2) is 23.7 Å². The van der Waals surface area contributed by atoms with E-state index >= 15 is 0 Å². The molecule has 1 rings (SSSR count). The van der Waals surface area contributed by atoms with Crippen LogP contribution >= 0.6 is 8.18 Å². The van der Waals surface area contributed by atoms with Gasteiger partial charge in [-0.2, -0.15) is 0 Å². The molecule has 0 aromatic heterocycles. The maximum Gasteiger partial charge on any atom is 0.648 e. The maximum absolute atomic E-state index is 11.1. The Labute approximate surface area is 66.4 Å². The summed E-state index contributed by atoms with van der Waals surface area (Å²) in [4.78, 5) is 11.0. The summed E-state index contributed by atoms with van der Waals surface area (Å²) < 4.78 is 17.2. The molecule has 1 atom stereocenters. The number of rotatable bonds is 3. The summed E-state index contributed by atoms with van der Waals surface area (Å²) in [5.41, 5.74) is 0. The van der Waals surface area contributed by atoms with E-state index in [0.717, 1.165) is 6.42 Å². The molecule has 0 radical (unpaired) electrons. The highest BCUT2D eigenvalue weighted by molar-refractivity contribution is 7.37. The lowest BCUT2D eigenvalue weighted by atomic mass is 10.4. The predicted molar refractivity (Wildman–Crippen MR) is 40.2 cm³/mol. The van der Waals surface area contributed by atoms with Crippen LogP contribution in [0.2, 0.25) is 0 Å². The largest absolute Gasteiger partial charge is 0.648 e. The molecule has 62 valence electrons. The van der Waals surface area contributed by atoms with Crippen LogP contribution in [0.25, 0.3) is 0 Å². The summed E-state index contributed by atoms with van der Waals surface area (Å²) in [6.45, 7) is 2.72. The molecule has 5 heteroatoms. The van der Waals surface area contributed by atoms with Gasteiger partial charge in [0, 0.05) is 6.42 Å². The van der Waals surface area contributed by atoms with Crippen molar-refractivity contribution in [3.8, 4) is 0 Å². The summed E-state index contributed by atoms with van der Waals surface area (Å²) in [7, 11) is -1.89. The van der Waals surface area contributed by atoms with Crippen LogP contribution in [0.3, 0.4) is 0 Å². The molecule has 1 fully saturated rings. The minimum absolute atomic E-state index is 0.0560. The molecule has 0 spiro atoms. The molecule has 0 aromatic rings. The quantitative estimate of drug-likeness (QED) is 0.609. The highest BCUT2D eigenvalue weighted by Crippen LogP contribution is 2.32. The Balaban J connectivity index is 2.46. The summed E-state index contributed by atoms with van der Waals surface area (Å²) in [5.74, 6) is -0.0560. The first-order valence-corrected chi connectivity index (χ1v) is 4.79. The third kappa shape index (κ3) is 1.98. The summed E-state index contributed by atoms with van der Waals surface area (Å²) in [5, 5.41) is 0. The molecule has 1 heterocycles. The van der Waals surface area contributed by atoms with Crippen molar-refractivity contribution in [3.63, 3.8) is 0 Å². The van der Waals surface area contributed by atoms with Gasteiger partial charge in [0.2, 0.25) is 0 Å². The molecule has 1 aliphatic rings. The number of carbonyl (C=O) groups is 1. The highest BCUT2D eigenvalue weighted by Gasteiger charge is 2.38. The second kappa shape index (κ2) is 3.79. The fourth-order valence-corrected chi connectivity index (χ4v) is 1.93. The number of carbonyl (C=O) groups excluding carboxylic acids is 1. The summed E-state index contributed by atoms with van der Waals surface area (Å²) in [6.07, 6.45) is 1.31. The molecule has 0 N–H and O–H groups in total. The summed E-state index contributed by atoms with van der Waals surface area (Å²) in [6, 6.07) is 0. The highest BCUT2D eigenvalue weighted by atomic mass is 31.1. The molecule has 0 aliphatic carbocycles. The first kappa shape index (κ1) is 8.62. The lowest BCUT2D eigenvalue weighted by Gasteiger charge is -1.97. The van der Waals surface area contributed by atoms with E-state index in [-0.39, 0.29) is 5.91 Å². The van der Waals surface area contributed by atoms with Crippen LogP contribution in [0.1, 0.15) is 19.8 Å². The number of nitrogens with zero attached hydrogens (tertiary/aromatic N) is 1. The summed E-state index contributed by atoms with van der Waals surface area (Å²) >= 11 is 0. The van der Waals surface area contributed by atoms with Crippen LogP contribution < -0.4 is 0 Å². The van der Waals surface area contributed by atoms with E-state index in [4.69, 9.17) is 4.52 Å². The predicted octanol–water partition coefficient (Wildman–Crippen LogP) is 1.30. The van der Waals surface area contributed by atoms with Gasteiger partial charge in [-0.15, -0.1) is 9.19 Å². The van der Waals surface area contributed by atoms with Gasteiger partial charge in [-0.25, -0.2) is 0 Å². The monoisotopic (exact) mass is 176 g/mol. The minimum Gasteiger partial charge on any atom is -0.271 e. The fraction of sp³-hybridized carbons (Fsp3) is 0.833. The fourth-order valence-electron chi connectivity index (χ4n) is 0.987. The van der Waals surface area contributed by atoms with Gasteiger partial charge in [0.25, 0.3) is 5.91 Å². The SMILES string of the molecule is CCO[P+](=O)N1CCCC1=O. The van der Waals surface area contributed by atoms with Crippen LogP contribution in [0.5, 0.6) is 0 Å². The molecular formula is C6H11NO3P+. The van der Waals surface area contributed by atoms with Crippen molar-refractivity contribution in [2.45, 2.75) is 19.8 Å². The molecule has 0 bridgehead atoms. The molecule has 0 aromatic carbocycles. The van der Waals surface area contributed by atoms with Crippen molar-refractivity contribution < 1.29 is 13.9 Å². The van der Waals surface area contributed by atoms with Gasteiger partial charge < -0.3 is 0 Å². The topological polar surface area (TPSA) is 46.6 Å². The molecular weight excluding hydrogens is 165 g/mol. The Morgan fingerprint density at radius 3 is 2.91 bits per heavy atom. The Morgan fingerprint density at radius 2 is 2.45 bits per heavy atom. The van der Waals surface area contributed by atoms with Crippen molar-refractivity contribution in [2.24, 2.45) is 0 Å². The smallest absolute Gasteiger partial charge is 0.271 e. The van der Waals surface area contributed by atoms with Crippen molar-refractivity contribution in [1.29, 1.82) is 0 Å². The van der Waals surface area contributed by atoms with Crippen molar-refractivity contribution in [2.75, 3.05) is 13.2 Å². The van der Waals surface area contributed by atoms with E-state index < -0.39 is 8.18 Å².